The monoisotopic (exact) mass is 354 g/mol. The molecule has 26 heavy (non-hydrogen) atoms. The van der Waals surface area contributed by atoms with Gasteiger partial charge in [-0.15, -0.1) is 0 Å². The van der Waals surface area contributed by atoms with E-state index in [0.29, 0.717) is 16.9 Å². The predicted molar refractivity (Wildman–Crippen MR) is 94.7 cm³/mol. The molecule has 2 aromatic carbocycles. The Bertz CT molecular complexity index is 865. The summed E-state index contributed by atoms with van der Waals surface area (Å²) in [5, 5.41) is 12.7. The number of halogens is 1. The molecule has 0 radical (unpaired) electrons. The molecule has 3 rings (SSSR count). The van der Waals surface area contributed by atoms with Crippen molar-refractivity contribution in [3.8, 4) is 5.75 Å². The molecule has 0 unspecified atom stereocenters. The van der Waals surface area contributed by atoms with E-state index in [1.807, 2.05) is 0 Å². The van der Waals surface area contributed by atoms with E-state index < -0.39 is 0 Å². The van der Waals surface area contributed by atoms with Crippen LogP contribution in [0.25, 0.3) is 0 Å². The number of amides is 2. The van der Waals surface area contributed by atoms with E-state index in [2.05, 4.69) is 5.32 Å². The second-order valence-corrected chi connectivity index (χ2v) is 5.81. The number of furan rings is 1. The lowest BCUT2D eigenvalue weighted by atomic mass is 10.2. The van der Waals surface area contributed by atoms with Crippen molar-refractivity contribution in [3.05, 3.63) is 89.6 Å². The number of para-hydroxylation sites is 1. The third-order valence-corrected chi connectivity index (χ3v) is 3.95. The van der Waals surface area contributed by atoms with Crippen molar-refractivity contribution in [2.24, 2.45) is 0 Å². The quantitative estimate of drug-likeness (QED) is 0.702. The van der Waals surface area contributed by atoms with Crippen LogP contribution >= 0.6 is 0 Å². The standard InChI is InChI=1S/C20H19FN2O3/c21-18-9-3-1-6-15(18)12-22-20(25)23(14-17-8-5-11-26-17)13-16-7-2-4-10-19(16)24/h1-11,24H,12-14H2,(H,22,25). The minimum atomic E-state index is -0.382. The molecule has 1 heterocycles. The van der Waals surface area contributed by atoms with Crippen molar-refractivity contribution >= 4 is 6.03 Å². The largest absolute Gasteiger partial charge is 0.508 e. The third kappa shape index (κ3) is 4.42. The van der Waals surface area contributed by atoms with Gasteiger partial charge in [0, 0.05) is 17.7 Å². The van der Waals surface area contributed by atoms with E-state index >= 15 is 0 Å². The number of rotatable bonds is 6. The van der Waals surface area contributed by atoms with Gasteiger partial charge in [0.2, 0.25) is 0 Å². The van der Waals surface area contributed by atoms with E-state index in [9.17, 15) is 14.3 Å². The minimum Gasteiger partial charge on any atom is -0.508 e. The summed E-state index contributed by atoms with van der Waals surface area (Å²) < 4.78 is 19.1. The van der Waals surface area contributed by atoms with E-state index in [1.165, 1.54) is 17.2 Å². The van der Waals surface area contributed by atoms with Gasteiger partial charge in [0.15, 0.2) is 0 Å². The number of nitrogens with zero attached hydrogens (tertiary/aromatic N) is 1. The lowest BCUT2D eigenvalue weighted by Crippen LogP contribution is -2.38. The summed E-state index contributed by atoms with van der Waals surface area (Å²) in [6, 6.07) is 16.2. The molecular formula is C20H19FN2O3. The van der Waals surface area contributed by atoms with Crippen LogP contribution in [0, 0.1) is 5.82 Å². The zero-order valence-electron chi connectivity index (χ0n) is 14.1. The molecule has 3 aromatic rings. The number of phenolic OH excluding ortho intramolecular Hbond substituents is 1. The zero-order valence-corrected chi connectivity index (χ0v) is 14.1. The molecule has 0 fully saturated rings. The van der Waals surface area contributed by atoms with Crippen LogP contribution in [0.2, 0.25) is 0 Å². The van der Waals surface area contributed by atoms with Gasteiger partial charge >= 0.3 is 6.03 Å². The first-order valence-electron chi connectivity index (χ1n) is 8.19. The lowest BCUT2D eigenvalue weighted by Gasteiger charge is -2.23. The molecule has 0 aliphatic heterocycles. The van der Waals surface area contributed by atoms with Gasteiger partial charge in [-0.2, -0.15) is 0 Å². The SMILES string of the molecule is O=C(NCc1ccccc1F)N(Cc1ccco1)Cc1ccccc1O. The van der Waals surface area contributed by atoms with E-state index in [0.717, 1.165) is 0 Å². The van der Waals surface area contributed by atoms with Crippen LogP contribution in [0.1, 0.15) is 16.9 Å². The molecule has 0 aliphatic carbocycles. The van der Waals surface area contributed by atoms with Crippen molar-refractivity contribution in [1.82, 2.24) is 10.2 Å². The highest BCUT2D eigenvalue weighted by molar-refractivity contribution is 5.74. The number of aromatic hydroxyl groups is 1. The van der Waals surface area contributed by atoms with Gasteiger partial charge in [0.25, 0.3) is 0 Å². The molecule has 2 amide bonds. The number of carbonyl (C=O) groups excluding carboxylic acids is 1. The Kier molecular flexibility index (Phi) is 5.53. The van der Waals surface area contributed by atoms with Crippen LogP contribution in [-0.2, 0) is 19.6 Å². The molecule has 5 nitrogen and oxygen atoms in total. The second-order valence-electron chi connectivity index (χ2n) is 5.81. The van der Waals surface area contributed by atoms with Crippen molar-refractivity contribution in [1.29, 1.82) is 0 Å². The Morgan fingerprint density at radius 1 is 1.00 bits per heavy atom. The Balaban J connectivity index is 1.72. The van der Waals surface area contributed by atoms with Crippen molar-refractivity contribution in [2.75, 3.05) is 0 Å². The second kappa shape index (κ2) is 8.20. The maximum atomic E-state index is 13.7. The molecule has 1 aromatic heterocycles. The Morgan fingerprint density at radius 3 is 2.42 bits per heavy atom. The van der Waals surface area contributed by atoms with Gasteiger partial charge < -0.3 is 19.7 Å². The van der Waals surface area contributed by atoms with Crippen LogP contribution in [0.3, 0.4) is 0 Å². The van der Waals surface area contributed by atoms with Gasteiger partial charge in [0.05, 0.1) is 19.4 Å². The summed E-state index contributed by atoms with van der Waals surface area (Å²) in [4.78, 5) is 14.1. The summed E-state index contributed by atoms with van der Waals surface area (Å²) in [6.07, 6.45) is 1.53. The summed E-state index contributed by atoms with van der Waals surface area (Å²) in [5.74, 6) is 0.353. The number of hydrogen-bond donors (Lipinski definition) is 2. The average molecular weight is 354 g/mol. The fraction of sp³-hybridized carbons (Fsp3) is 0.150. The fourth-order valence-corrected chi connectivity index (χ4v) is 2.56. The van der Waals surface area contributed by atoms with Gasteiger partial charge in [-0.25, -0.2) is 9.18 Å². The van der Waals surface area contributed by atoms with Crippen LogP contribution in [-0.4, -0.2) is 16.0 Å². The number of urea groups is 1. The van der Waals surface area contributed by atoms with Crippen LogP contribution in [0.15, 0.2) is 71.3 Å². The van der Waals surface area contributed by atoms with E-state index in [4.69, 9.17) is 4.42 Å². The Labute approximate surface area is 150 Å². The number of nitrogens with one attached hydrogen (secondary N) is 1. The number of carbonyl (C=O) groups is 1. The number of hydrogen-bond acceptors (Lipinski definition) is 3. The fourth-order valence-electron chi connectivity index (χ4n) is 2.56. The van der Waals surface area contributed by atoms with Gasteiger partial charge in [0.1, 0.15) is 17.3 Å². The summed E-state index contributed by atoms with van der Waals surface area (Å²) in [6.45, 7) is 0.488. The molecular weight excluding hydrogens is 335 g/mol. The maximum Gasteiger partial charge on any atom is 0.318 e. The van der Waals surface area contributed by atoms with Gasteiger partial charge in [-0.1, -0.05) is 36.4 Å². The molecule has 2 N–H and O–H groups in total. The van der Waals surface area contributed by atoms with E-state index in [-0.39, 0.29) is 37.2 Å². The van der Waals surface area contributed by atoms with E-state index in [1.54, 1.807) is 54.6 Å². The van der Waals surface area contributed by atoms with Crippen LogP contribution < -0.4 is 5.32 Å². The first-order chi connectivity index (χ1) is 12.6. The highest BCUT2D eigenvalue weighted by Crippen LogP contribution is 2.19. The number of benzene rings is 2. The zero-order chi connectivity index (χ0) is 18.4. The topological polar surface area (TPSA) is 65.7 Å². The molecule has 0 bridgehead atoms. The summed E-state index contributed by atoms with van der Waals surface area (Å²) in [5.41, 5.74) is 1.02. The number of phenols is 1. The maximum absolute atomic E-state index is 13.7. The first kappa shape index (κ1) is 17.5. The average Bonchev–Trinajstić information content (AvgIpc) is 3.15. The molecule has 6 heteroatoms. The van der Waals surface area contributed by atoms with Gasteiger partial charge in [-0.3, -0.25) is 0 Å². The molecule has 0 aliphatic rings. The minimum absolute atomic E-state index is 0.0704. The van der Waals surface area contributed by atoms with Crippen molar-refractivity contribution in [2.45, 2.75) is 19.6 Å². The highest BCUT2D eigenvalue weighted by Gasteiger charge is 2.17. The Morgan fingerprint density at radius 2 is 1.73 bits per heavy atom. The van der Waals surface area contributed by atoms with Crippen LogP contribution in [0.4, 0.5) is 9.18 Å². The Hall–Kier alpha value is -3.28. The lowest BCUT2D eigenvalue weighted by molar-refractivity contribution is 0.186. The molecule has 0 atom stereocenters. The molecule has 0 saturated heterocycles. The summed E-state index contributed by atoms with van der Waals surface area (Å²) >= 11 is 0. The third-order valence-electron chi connectivity index (χ3n) is 3.95. The van der Waals surface area contributed by atoms with Gasteiger partial charge in [-0.05, 0) is 24.3 Å². The summed E-state index contributed by atoms with van der Waals surface area (Å²) in [7, 11) is 0. The molecule has 134 valence electrons. The normalized spacial score (nSPS) is 10.5. The van der Waals surface area contributed by atoms with Crippen LogP contribution in [0.5, 0.6) is 5.75 Å². The van der Waals surface area contributed by atoms with Crippen molar-refractivity contribution < 1.29 is 18.7 Å². The van der Waals surface area contributed by atoms with Crippen molar-refractivity contribution in [3.63, 3.8) is 0 Å². The first-order valence-corrected chi connectivity index (χ1v) is 8.19. The molecule has 0 spiro atoms. The smallest absolute Gasteiger partial charge is 0.318 e. The highest BCUT2D eigenvalue weighted by atomic mass is 19.1. The molecule has 0 saturated carbocycles. The predicted octanol–water partition coefficient (Wildman–Crippen LogP) is 4.04.